The highest BCUT2D eigenvalue weighted by Crippen LogP contribution is 2.42. The van der Waals surface area contributed by atoms with E-state index >= 15 is 0 Å². The molecule has 0 spiro atoms. The van der Waals surface area contributed by atoms with Gasteiger partial charge in [0.1, 0.15) is 5.37 Å². The van der Waals surface area contributed by atoms with E-state index in [9.17, 15) is 4.79 Å². The third-order valence-electron chi connectivity index (χ3n) is 4.23. The molecule has 0 unspecified atom stereocenters. The van der Waals surface area contributed by atoms with Crippen LogP contribution in [0.2, 0.25) is 10.0 Å². The number of thioether (sulfide) groups is 1. The lowest BCUT2D eigenvalue weighted by Gasteiger charge is -2.41. The second-order valence-electron chi connectivity index (χ2n) is 6.01. The van der Waals surface area contributed by atoms with Gasteiger partial charge in [0.05, 0.1) is 5.54 Å². The molecule has 5 heteroatoms. The van der Waals surface area contributed by atoms with Crippen molar-refractivity contribution in [2.75, 3.05) is 5.75 Å². The van der Waals surface area contributed by atoms with Crippen molar-refractivity contribution in [3.63, 3.8) is 0 Å². The first-order valence-electron chi connectivity index (χ1n) is 7.29. The smallest absolute Gasteiger partial charge is 0.251 e. The number of carbonyl (C=O) groups is 1. The summed E-state index contributed by atoms with van der Waals surface area (Å²) in [6.07, 6.45) is 0. The van der Waals surface area contributed by atoms with Crippen molar-refractivity contribution in [1.29, 1.82) is 0 Å². The molecular formula is C17H21Cl2NOS. The van der Waals surface area contributed by atoms with Crippen molar-refractivity contribution >= 4 is 40.9 Å². The predicted molar refractivity (Wildman–Crippen MR) is 96.6 cm³/mol. The maximum atomic E-state index is 12.8. The van der Waals surface area contributed by atoms with Crippen LogP contribution in [-0.4, -0.2) is 21.9 Å². The monoisotopic (exact) mass is 357 g/mol. The van der Waals surface area contributed by atoms with Crippen LogP contribution in [0.15, 0.2) is 29.3 Å². The lowest BCUT2D eigenvalue weighted by molar-refractivity contribution is -0.131. The van der Waals surface area contributed by atoms with Crippen LogP contribution in [0.1, 0.15) is 40.2 Å². The number of rotatable bonds is 4. The molecule has 0 radical (unpaired) electrons. The maximum Gasteiger partial charge on any atom is 0.251 e. The minimum Gasteiger partial charge on any atom is -0.314 e. The summed E-state index contributed by atoms with van der Waals surface area (Å²) in [5, 5.41) is 1.23. The average Bonchev–Trinajstić information content (AvgIpc) is 2.63. The lowest BCUT2D eigenvalue weighted by atomic mass is 9.92. The van der Waals surface area contributed by atoms with E-state index in [0.717, 1.165) is 22.5 Å². The molecule has 1 aliphatic heterocycles. The molecule has 0 saturated carbocycles. The Morgan fingerprint density at radius 1 is 1.18 bits per heavy atom. The fourth-order valence-electron chi connectivity index (χ4n) is 2.79. The zero-order valence-electron chi connectivity index (χ0n) is 13.5. The number of nitrogens with zero attached hydrogens (tertiary/aromatic N) is 1. The van der Waals surface area contributed by atoms with Crippen LogP contribution in [0.5, 0.6) is 0 Å². The summed E-state index contributed by atoms with van der Waals surface area (Å²) in [6.45, 7) is 10.1. The minimum atomic E-state index is -0.489. The van der Waals surface area contributed by atoms with Crippen molar-refractivity contribution < 1.29 is 4.79 Å². The zero-order valence-corrected chi connectivity index (χ0v) is 15.9. The lowest BCUT2D eigenvalue weighted by Crippen LogP contribution is -2.47. The summed E-state index contributed by atoms with van der Waals surface area (Å²) in [7, 11) is 0. The Balaban J connectivity index is 2.49. The van der Waals surface area contributed by atoms with Gasteiger partial charge in [0.25, 0.3) is 5.91 Å². The molecule has 1 heterocycles. The van der Waals surface area contributed by atoms with Gasteiger partial charge in [0, 0.05) is 15.6 Å². The minimum absolute atomic E-state index is 0.0604. The Kier molecular flexibility index (Phi) is 5.20. The molecule has 120 valence electrons. The fourth-order valence-corrected chi connectivity index (χ4v) is 4.56. The van der Waals surface area contributed by atoms with Crippen LogP contribution < -0.4 is 0 Å². The summed E-state index contributed by atoms with van der Waals surface area (Å²) in [5.41, 5.74) is 2.44. The van der Waals surface area contributed by atoms with Crippen LogP contribution in [0.3, 0.4) is 0 Å². The molecule has 1 atom stereocenters. The molecule has 1 aliphatic rings. The van der Waals surface area contributed by atoms with E-state index in [2.05, 4.69) is 6.92 Å². The van der Waals surface area contributed by atoms with E-state index in [1.54, 1.807) is 17.8 Å². The number of hydrogen-bond acceptors (Lipinski definition) is 2. The zero-order chi connectivity index (χ0) is 16.7. The normalized spacial score (nSPS) is 19.3. The SMILES string of the molecule is CCS[C@H]1C(C)=C(C)C(=O)N1C(C)(C)c1cc(Cl)cc(Cl)c1. The van der Waals surface area contributed by atoms with E-state index in [1.165, 1.54) is 0 Å². The Hall–Kier alpha value is -0.640. The van der Waals surface area contributed by atoms with Crippen LogP contribution >= 0.6 is 35.0 Å². The molecule has 0 fully saturated rings. The predicted octanol–water partition coefficient (Wildman–Crippen LogP) is 5.49. The molecule has 0 aromatic heterocycles. The van der Waals surface area contributed by atoms with Gasteiger partial charge in [0.15, 0.2) is 0 Å². The van der Waals surface area contributed by atoms with Crippen LogP contribution in [-0.2, 0) is 10.3 Å². The Morgan fingerprint density at radius 2 is 1.73 bits per heavy atom. The first-order valence-corrected chi connectivity index (χ1v) is 9.09. The maximum absolute atomic E-state index is 12.8. The summed E-state index contributed by atoms with van der Waals surface area (Å²) in [5.74, 6) is 1.04. The molecule has 0 saturated heterocycles. The number of halogens is 2. The Bertz CT molecular complexity index is 619. The van der Waals surface area contributed by atoms with Gasteiger partial charge in [-0.1, -0.05) is 30.1 Å². The van der Waals surface area contributed by atoms with Gasteiger partial charge in [-0.15, -0.1) is 11.8 Å². The van der Waals surface area contributed by atoms with Crippen molar-refractivity contribution in [3.8, 4) is 0 Å². The second-order valence-corrected chi connectivity index (χ2v) is 8.24. The van der Waals surface area contributed by atoms with E-state index in [-0.39, 0.29) is 11.3 Å². The second kappa shape index (κ2) is 6.46. The number of carbonyl (C=O) groups excluding carboxylic acids is 1. The molecule has 2 nitrogen and oxygen atoms in total. The van der Waals surface area contributed by atoms with Gasteiger partial charge in [-0.25, -0.2) is 0 Å². The number of hydrogen-bond donors (Lipinski definition) is 0. The van der Waals surface area contributed by atoms with Crippen molar-refractivity contribution in [2.45, 2.75) is 45.5 Å². The van der Waals surface area contributed by atoms with Gasteiger partial charge in [-0.2, -0.15) is 0 Å². The van der Waals surface area contributed by atoms with Crippen molar-refractivity contribution in [1.82, 2.24) is 4.90 Å². The van der Waals surface area contributed by atoms with Gasteiger partial charge in [-0.05, 0) is 62.8 Å². The highest BCUT2D eigenvalue weighted by Gasteiger charge is 2.44. The van der Waals surface area contributed by atoms with E-state index in [1.807, 2.05) is 44.7 Å². The molecular weight excluding hydrogens is 337 g/mol. The Morgan fingerprint density at radius 3 is 2.23 bits per heavy atom. The average molecular weight is 358 g/mol. The first-order chi connectivity index (χ1) is 10.2. The number of amides is 1. The topological polar surface area (TPSA) is 20.3 Å². The molecule has 0 N–H and O–H groups in total. The summed E-state index contributed by atoms with van der Waals surface area (Å²) >= 11 is 14.1. The summed E-state index contributed by atoms with van der Waals surface area (Å²) in [4.78, 5) is 14.7. The van der Waals surface area contributed by atoms with E-state index in [4.69, 9.17) is 23.2 Å². The first kappa shape index (κ1) is 17.7. The molecule has 1 amide bonds. The molecule has 1 aromatic carbocycles. The molecule has 2 rings (SSSR count). The van der Waals surface area contributed by atoms with Gasteiger partial charge < -0.3 is 4.90 Å². The molecule has 0 bridgehead atoms. The van der Waals surface area contributed by atoms with Crippen LogP contribution in [0.4, 0.5) is 0 Å². The molecule has 22 heavy (non-hydrogen) atoms. The van der Waals surface area contributed by atoms with Gasteiger partial charge in [-0.3, -0.25) is 4.79 Å². The highest BCUT2D eigenvalue weighted by atomic mass is 35.5. The van der Waals surface area contributed by atoms with E-state index in [0.29, 0.717) is 10.0 Å². The molecule has 1 aromatic rings. The van der Waals surface area contributed by atoms with Crippen LogP contribution in [0.25, 0.3) is 0 Å². The third-order valence-corrected chi connectivity index (χ3v) is 5.88. The van der Waals surface area contributed by atoms with Crippen molar-refractivity contribution in [2.24, 2.45) is 0 Å². The van der Waals surface area contributed by atoms with Gasteiger partial charge >= 0.3 is 0 Å². The fraction of sp³-hybridized carbons (Fsp3) is 0.471. The largest absolute Gasteiger partial charge is 0.314 e. The molecule has 0 aliphatic carbocycles. The van der Waals surface area contributed by atoms with E-state index < -0.39 is 5.54 Å². The van der Waals surface area contributed by atoms with Gasteiger partial charge in [0.2, 0.25) is 0 Å². The van der Waals surface area contributed by atoms with Crippen LogP contribution in [0, 0.1) is 0 Å². The Labute approximate surface area is 146 Å². The number of benzene rings is 1. The quantitative estimate of drug-likeness (QED) is 0.710. The highest BCUT2D eigenvalue weighted by molar-refractivity contribution is 8.00. The summed E-state index contributed by atoms with van der Waals surface area (Å²) in [6, 6.07) is 5.48. The standard InChI is InChI=1S/C17H21Cl2NOS/c1-6-22-16-11(3)10(2)15(21)20(16)17(4,5)12-7-13(18)9-14(19)8-12/h7-9,16H,6H2,1-5H3/t16-/m0/s1. The third kappa shape index (κ3) is 3.04. The summed E-state index contributed by atoms with van der Waals surface area (Å²) < 4.78 is 0. The van der Waals surface area contributed by atoms with Crippen molar-refractivity contribution in [3.05, 3.63) is 45.0 Å².